The van der Waals surface area contributed by atoms with Crippen LogP contribution in [0, 0.1) is 17.0 Å². The van der Waals surface area contributed by atoms with Gasteiger partial charge in [-0.05, 0) is 18.6 Å². The zero-order valence-electron chi connectivity index (χ0n) is 10.8. The lowest BCUT2D eigenvalue weighted by atomic mass is 10.2. The molecule has 0 aliphatic rings. The van der Waals surface area contributed by atoms with Crippen LogP contribution in [0.3, 0.4) is 0 Å². The third kappa shape index (κ3) is 4.92. The molecule has 1 atom stereocenters. The molecule has 1 unspecified atom stereocenters. The first-order chi connectivity index (χ1) is 8.92. The maximum Gasteiger partial charge on any atom is 0.306 e. The molecule has 7 nitrogen and oxygen atoms in total. The summed E-state index contributed by atoms with van der Waals surface area (Å²) in [5.41, 5.74) is 1.32. The van der Waals surface area contributed by atoms with Gasteiger partial charge in [-0.15, -0.1) is 0 Å². The second-order valence-electron chi connectivity index (χ2n) is 4.15. The van der Waals surface area contributed by atoms with Crippen molar-refractivity contribution in [2.24, 2.45) is 0 Å². The molecule has 0 saturated heterocycles. The third-order valence-electron chi connectivity index (χ3n) is 2.54. The molecule has 0 amide bonds. The molecule has 0 fully saturated rings. The highest BCUT2D eigenvalue weighted by Crippen LogP contribution is 2.20. The maximum absolute atomic E-state index is 10.7. The molecule has 104 valence electrons. The molecule has 0 aliphatic carbocycles. The van der Waals surface area contributed by atoms with Crippen molar-refractivity contribution < 1.29 is 19.6 Å². The van der Waals surface area contributed by atoms with E-state index in [0.717, 1.165) is 5.56 Å². The summed E-state index contributed by atoms with van der Waals surface area (Å²) in [7, 11) is 1.42. The number of carbonyl (C=O) groups is 1. The molecular weight excluding hydrogens is 252 g/mol. The number of nitro groups is 1. The van der Waals surface area contributed by atoms with Crippen LogP contribution in [0.2, 0.25) is 0 Å². The molecule has 0 spiro atoms. The van der Waals surface area contributed by atoms with Crippen LogP contribution in [0.5, 0.6) is 0 Å². The Labute approximate surface area is 110 Å². The van der Waals surface area contributed by atoms with E-state index in [2.05, 4.69) is 5.32 Å². The van der Waals surface area contributed by atoms with Crippen molar-refractivity contribution in [3.8, 4) is 0 Å². The van der Waals surface area contributed by atoms with Gasteiger partial charge in [0.15, 0.2) is 0 Å². The predicted octanol–water partition coefficient (Wildman–Crippen LogP) is 1.80. The summed E-state index contributed by atoms with van der Waals surface area (Å²) in [6.07, 6.45) is -0.616. The molecule has 2 N–H and O–H groups in total. The Morgan fingerprint density at radius 2 is 2.21 bits per heavy atom. The van der Waals surface area contributed by atoms with Crippen LogP contribution in [0.4, 0.5) is 11.4 Å². The van der Waals surface area contributed by atoms with E-state index in [4.69, 9.17) is 9.84 Å². The number of anilines is 1. The fraction of sp³-hybridized carbons (Fsp3) is 0.417. The van der Waals surface area contributed by atoms with Crippen LogP contribution >= 0.6 is 0 Å². The summed E-state index contributed by atoms with van der Waals surface area (Å²) in [4.78, 5) is 20.8. The number of ether oxygens (including phenoxy) is 1. The summed E-state index contributed by atoms with van der Waals surface area (Å²) in [5.74, 6) is -0.955. The van der Waals surface area contributed by atoms with Crippen molar-refractivity contribution >= 4 is 17.3 Å². The van der Waals surface area contributed by atoms with Gasteiger partial charge in [0.1, 0.15) is 0 Å². The summed E-state index contributed by atoms with van der Waals surface area (Å²) >= 11 is 0. The summed E-state index contributed by atoms with van der Waals surface area (Å²) < 4.78 is 5.01. The standard InChI is InChI=1S/C12H16N2O5/c1-8-3-9(5-10(4-8)14(17)18)13-7-11(19-2)6-12(15)16/h3-5,11,13H,6-7H2,1-2H3,(H,15,16). The number of nitro benzene ring substituents is 1. The minimum absolute atomic E-state index is 0.00491. The van der Waals surface area contributed by atoms with Crippen molar-refractivity contribution in [1.82, 2.24) is 0 Å². The van der Waals surface area contributed by atoms with Crippen LogP contribution in [0.25, 0.3) is 0 Å². The number of aliphatic carboxylic acids is 1. The average molecular weight is 268 g/mol. The van der Waals surface area contributed by atoms with E-state index in [1.165, 1.54) is 19.2 Å². The second kappa shape index (κ2) is 6.69. The number of non-ortho nitro benzene ring substituents is 1. The molecule has 0 saturated carbocycles. The molecule has 7 heteroatoms. The van der Waals surface area contributed by atoms with Gasteiger partial charge >= 0.3 is 5.97 Å². The zero-order chi connectivity index (χ0) is 14.4. The Kier molecular flexibility index (Phi) is 5.25. The summed E-state index contributed by atoms with van der Waals surface area (Å²) in [5, 5.41) is 22.3. The highest BCUT2D eigenvalue weighted by Gasteiger charge is 2.13. The first kappa shape index (κ1) is 14.9. The van der Waals surface area contributed by atoms with E-state index in [1.54, 1.807) is 13.0 Å². The number of carboxylic acid groups (broad SMARTS) is 1. The Balaban J connectivity index is 2.71. The normalized spacial score (nSPS) is 11.9. The number of rotatable bonds is 7. The predicted molar refractivity (Wildman–Crippen MR) is 69.4 cm³/mol. The Hall–Kier alpha value is -2.15. The number of hydrogen-bond donors (Lipinski definition) is 2. The molecule has 0 aliphatic heterocycles. The molecule has 0 aromatic heterocycles. The number of nitrogens with one attached hydrogen (secondary N) is 1. The van der Waals surface area contributed by atoms with Crippen LogP contribution in [0.1, 0.15) is 12.0 Å². The molecule has 0 radical (unpaired) electrons. The van der Waals surface area contributed by atoms with Gasteiger partial charge in [-0.3, -0.25) is 14.9 Å². The molecule has 1 rings (SSSR count). The number of aryl methyl sites for hydroxylation is 1. The fourth-order valence-corrected chi connectivity index (χ4v) is 1.64. The van der Waals surface area contributed by atoms with Gasteiger partial charge in [0.2, 0.25) is 0 Å². The van der Waals surface area contributed by atoms with Gasteiger partial charge < -0.3 is 15.2 Å². The third-order valence-corrected chi connectivity index (χ3v) is 2.54. The molecule has 0 heterocycles. The molecule has 0 bridgehead atoms. The minimum atomic E-state index is -0.955. The monoisotopic (exact) mass is 268 g/mol. The second-order valence-corrected chi connectivity index (χ2v) is 4.15. The summed E-state index contributed by atoms with van der Waals surface area (Å²) in [6.45, 7) is 2.02. The number of hydrogen-bond acceptors (Lipinski definition) is 5. The Morgan fingerprint density at radius 3 is 2.74 bits per heavy atom. The highest BCUT2D eigenvalue weighted by atomic mass is 16.6. The van der Waals surface area contributed by atoms with Crippen molar-refractivity contribution in [3.05, 3.63) is 33.9 Å². The average Bonchev–Trinajstić information content (AvgIpc) is 2.33. The van der Waals surface area contributed by atoms with E-state index in [9.17, 15) is 14.9 Å². The molecule has 19 heavy (non-hydrogen) atoms. The fourth-order valence-electron chi connectivity index (χ4n) is 1.64. The number of methoxy groups -OCH3 is 1. The van der Waals surface area contributed by atoms with Gasteiger partial charge in [0, 0.05) is 31.5 Å². The quantitative estimate of drug-likeness (QED) is 0.577. The molecular formula is C12H16N2O5. The first-order valence-corrected chi connectivity index (χ1v) is 5.67. The first-order valence-electron chi connectivity index (χ1n) is 5.67. The molecule has 1 aromatic carbocycles. The van der Waals surface area contributed by atoms with Gasteiger partial charge in [-0.1, -0.05) is 0 Å². The number of benzene rings is 1. The van der Waals surface area contributed by atoms with E-state index in [0.29, 0.717) is 5.69 Å². The van der Waals surface area contributed by atoms with Gasteiger partial charge in [-0.25, -0.2) is 0 Å². The van der Waals surface area contributed by atoms with Crippen LogP contribution < -0.4 is 5.32 Å². The number of nitrogens with zero attached hydrogens (tertiary/aromatic N) is 1. The SMILES string of the molecule is COC(CNc1cc(C)cc([N+](=O)[O-])c1)CC(=O)O. The van der Waals surface area contributed by atoms with Crippen molar-refractivity contribution in [3.63, 3.8) is 0 Å². The Bertz CT molecular complexity index is 475. The van der Waals surface area contributed by atoms with E-state index >= 15 is 0 Å². The van der Waals surface area contributed by atoms with Gasteiger partial charge in [0.05, 0.1) is 17.4 Å². The van der Waals surface area contributed by atoms with Gasteiger partial charge in [0.25, 0.3) is 5.69 Å². The van der Waals surface area contributed by atoms with Crippen LogP contribution in [-0.4, -0.2) is 35.8 Å². The van der Waals surface area contributed by atoms with Crippen LogP contribution in [-0.2, 0) is 9.53 Å². The Morgan fingerprint density at radius 1 is 1.53 bits per heavy atom. The number of carboxylic acids is 1. The van der Waals surface area contributed by atoms with E-state index in [1.807, 2.05) is 0 Å². The van der Waals surface area contributed by atoms with Crippen molar-refractivity contribution in [2.45, 2.75) is 19.4 Å². The largest absolute Gasteiger partial charge is 0.481 e. The van der Waals surface area contributed by atoms with Crippen LogP contribution in [0.15, 0.2) is 18.2 Å². The summed E-state index contributed by atoms with van der Waals surface area (Å²) in [6, 6.07) is 4.62. The lowest BCUT2D eigenvalue weighted by molar-refractivity contribution is -0.384. The van der Waals surface area contributed by atoms with Crippen molar-refractivity contribution in [1.29, 1.82) is 0 Å². The molecule has 1 aromatic rings. The topological polar surface area (TPSA) is 102 Å². The zero-order valence-corrected chi connectivity index (χ0v) is 10.8. The van der Waals surface area contributed by atoms with Gasteiger partial charge in [-0.2, -0.15) is 0 Å². The minimum Gasteiger partial charge on any atom is -0.481 e. The maximum atomic E-state index is 10.7. The lowest BCUT2D eigenvalue weighted by Gasteiger charge is -2.15. The highest BCUT2D eigenvalue weighted by molar-refractivity contribution is 5.67. The van der Waals surface area contributed by atoms with E-state index < -0.39 is 17.0 Å². The smallest absolute Gasteiger partial charge is 0.306 e. The lowest BCUT2D eigenvalue weighted by Crippen LogP contribution is -2.25. The van der Waals surface area contributed by atoms with E-state index in [-0.39, 0.29) is 18.7 Å². The van der Waals surface area contributed by atoms with Crippen molar-refractivity contribution in [2.75, 3.05) is 19.0 Å².